The van der Waals surface area contributed by atoms with E-state index in [0.717, 1.165) is 36.9 Å². The molecule has 0 saturated carbocycles. The predicted octanol–water partition coefficient (Wildman–Crippen LogP) is 3.70. The van der Waals surface area contributed by atoms with E-state index >= 15 is 0 Å². The van der Waals surface area contributed by atoms with Crippen molar-refractivity contribution in [3.8, 4) is 0 Å². The molecular weight excluding hydrogens is 284 g/mol. The van der Waals surface area contributed by atoms with Crippen LogP contribution in [0, 0.1) is 5.92 Å². The monoisotopic (exact) mass is 310 g/mol. The molecule has 0 aliphatic carbocycles. The van der Waals surface area contributed by atoms with Crippen LogP contribution in [0.25, 0.3) is 0 Å². The van der Waals surface area contributed by atoms with Crippen LogP contribution in [0.3, 0.4) is 0 Å². The summed E-state index contributed by atoms with van der Waals surface area (Å²) in [7, 11) is 2.13. The van der Waals surface area contributed by atoms with Crippen molar-refractivity contribution in [3.63, 3.8) is 0 Å². The minimum atomic E-state index is 0.467. The van der Waals surface area contributed by atoms with Crippen LogP contribution in [0.15, 0.2) is 18.2 Å². The van der Waals surface area contributed by atoms with Crippen molar-refractivity contribution in [2.24, 2.45) is 5.92 Å². The average molecular weight is 311 g/mol. The molecular formula is C17H27ClN2O. The molecule has 0 bridgehead atoms. The number of nitrogens with zero attached hydrogens (tertiary/aromatic N) is 1. The molecule has 1 unspecified atom stereocenters. The number of benzene rings is 1. The highest BCUT2D eigenvalue weighted by molar-refractivity contribution is 6.31. The van der Waals surface area contributed by atoms with Gasteiger partial charge in [-0.05, 0) is 36.5 Å². The molecule has 1 fully saturated rings. The summed E-state index contributed by atoms with van der Waals surface area (Å²) in [5, 5.41) is 4.24. The van der Waals surface area contributed by atoms with Gasteiger partial charge in [0.25, 0.3) is 0 Å². The third-order valence-corrected chi connectivity index (χ3v) is 4.32. The van der Waals surface area contributed by atoms with Crippen LogP contribution in [0.5, 0.6) is 0 Å². The Labute approximate surface area is 133 Å². The normalized spacial score (nSPS) is 19.0. The highest BCUT2D eigenvalue weighted by Gasteiger charge is 2.16. The Morgan fingerprint density at radius 3 is 2.86 bits per heavy atom. The van der Waals surface area contributed by atoms with E-state index < -0.39 is 0 Å². The van der Waals surface area contributed by atoms with E-state index in [1.165, 1.54) is 18.5 Å². The van der Waals surface area contributed by atoms with Gasteiger partial charge in [-0.2, -0.15) is 0 Å². The maximum absolute atomic E-state index is 6.41. The third-order valence-electron chi connectivity index (χ3n) is 3.96. The molecule has 1 aliphatic heterocycles. The first-order valence-corrected chi connectivity index (χ1v) is 8.24. The first-order valence-electron chi connectivity index (χ1n) is 7.87. The number of rotatable bonds is 6. The fraction of sp³-hybridized carbons (Fsp3) is 0.647. The van der Waals surface area contributed by atoms with Crippen molar-refractivity contribution >= 4 is 17.3 Å². The molecule has 21 heavy (non-hydrogen) atoms. The first kappa shape index (κ1) is 16.6. The zero-order valence-corrected chi connectivity index (χ0v) is 14.1. The van der Waals surface area contributed by atoms with E-state index in [1.54, 1.807) is 0 Å². The van der Waals surface area contributed by atoms with Gasteiger partial charge in [0.1, 0.15) is 0 Å². The fourth-order valence-corrected chi connectivity index (χ4v) is 2.92. The maximum atomic E-state index is 6.41. The van der Waals surface area contributed by atoms with Gasteiger partial charge in [0.05, 0.1) is 6.61 Å². The number of hydrogen-bond donors (Lipinski definition) is 1. The summed E-state index contributed by atoms with van der Waals surface area (Å²) >= 11 is 6.41. The zero-order valence-electron chi connectivity index (χ0n) is 13.4. The Balaban J connectivity index is 1.94. The molecule has 2 rings (SSSR count). The molecule has 1 atom stereocenters. The van der Waals surface area contributed by atoms with Crippen molar-refractivity contribution < 1.29 is 4.74 Å². The molecule has 1 N–H and O–H groups in total. The van der Waals surface area contributed by atoms with Gasteiger partial charge in [0, 0.05) is 43.5 Å². The molecule has 1 heterocycles. The molecule has 4 heteroatoms. The average Bonchev–Trinajstić information content (AvgIpc) is 2.46. The lowest BCUT2D eigenvalue weighted by atomic mass is 10.0. The largest absolute Gasteiger partial charge is 0.381 e. The number of nitrogens with one attached hydrogen (secondary N) is 1. The van der Waals surface area contributed by atoms with Crippen LogP contribution in [-0.2, 0) is 11.3 Å². The smallest absolute Gasteiger partial charge is 0.0511 e. The molecule has 0 radical (unpaired) electrons. The lowest BCUT2D eigenvalue weighted by Gasteiger charge is -2.28. The SMILES string of the molecule is CC(C)NCc1ccc(N(C)CC2CCCOC2)cc1Cl. The lowest BCUT2D eigenvalue weighted by Crippen LogP contribution is -2.30. The number of ether oxygens (including phenoxy) is 1. The quantitative estimate of drug-likeness (QED) is 0.867. The fourth-order valence-electron chi connectivity index (χ4n) is 2.68. The summed E-state index contributed by atoms with van der Waals surface area (Å²) in [5.41, 5.74) is 2.34. The van der Waals surface area contributed by atoms with Gasteiger partial charge in [0.15, 0.2) is 0 Å². The molecule has 0 aromatic heterocycles. The summed E-state index contributed by atoms with van der Waals surface area (Å²) in [6.07, 6.45) is 2.44. The van der Waals surface area contributed by atoms with Crippen LogP contribution in [0.2, 0.25) is 5.02 Å². The van der Waals surface area contributed by atoms with E-state index in [-0.39, 0.29) is 0 Å². The summed E-state index contributed by atoms with van der Waals surface area (Å²) in [4.78, 5) is 2.28. The molecule has 1 aromatic rings. The highest BCUT2D eigenvalue weighted by Crippen LogP contribution is 2.25. The van der Waals surface area contributed by atoms with Crippen molar-refractivity contribution in [2.75, 3.05) is 31.7 Å². The van der Waals surface area contributed by atoms with E-state index in [9.17, 15) is 0 Å². The Hall–Kier alpha value is -0.770. The second-order valence-corrected chi connectivity index (χ2v) is 6.68. The van der Waals surface area contributed by atoms with Crippen molar-refractivity contribution in [1.82, 2.24) is 5.32 Å². The van der Waals surface area contributed by atoms with Gasteiger partial charge in [-0.1, -0.05) is 31.5 Å². The topological polar surface area (TPSA) is 24.5 Å². The second-order valence-electron chi connectivity index (χ2n) is 6.28. The van der Waals surface area contributed by atoms with Crippen LogP contribution in [-0.4, -0.2) is 32.8 Å². The summed E-state index contributed by atoms with van der Waals surface area (Å²) in [5.74, 6) is 0.629. The Morgan fingerprint density at radius 1 is 1.43 bits per heavy atom. The van der Waals surface area contributed by atoms with Crippen LogP contribution >= 0.6 is 11.6 Å². The van der Waals surface area contributed by atoms with Gasteiger partial charge < -0.3 is 15.0 Å². The molecule has 1 aliphatic rings. The van der Waals surface area contributed by atoms with Crippen LogP contribution in [0.4, 0.5) is 5.69 Å². The third kappa shape index (κ3) is 5.17. The summed E-state index contributed by atoms with van der Waals surface area (Å²) in [6, 6.07) is 6.82. The van der Waals surface area contributed by atoms with Gasteiger partial charge in [-0.3, -0.25) is 0 Å². The molecule has 0 spiro atoms. The van der Waals surface area contributed by atoms with E-state index in [2.05, 4.69) is 49.3 Å². The lowest BCUT2D eigenvalue weighted by molar-refractivity contribution is 0.0576. The molecule has 0 amide bonds. The zero-order chi connectivity index (χ0) is 15.2. The standard InChI is InChI=1S/C17H27ClN2O/c1-13(2)19-10-15-6-7-16(9-17(15)18)20(3)11-14-5-4-8-21-12-14/h6-7,9,13-14,19H,4-5,8,10-12H2,1-3H3. The second kappa shape index (κ2) is 8.02. The molecule has 1 aromatic carbocycles. The summed E-state index contributed by atoms with van der Waals surface area (Å²) < 4.78 is 5.56. The van der Waals surface area contributed by atoms with Gasteiger partial charge in [-0.25, -0.2) is 0 Å². The van der Waals surface area contributed by atoms with Gasteiger partial charge in [0.2, 0.25) is 0 Å². The highest BCUT2D eigenvalue weighted by atomic mass is 35.5. The first-order chi connectivity index (χ1) is 10.1. The van der Waals surface area contributed by atoms with Crippen molar-refractivity contribution in [1.29, 1.82) is 0 Å². The van der Waals surface area contributed by atoms with Crippen LogP contribution < -0.4 is 10.2 Å². The van der Waals surface area contributed by atoms with Gasteiger partial charge >= 0.3 is 0 Å². The summed E-state index contributed by atoms with van der Waals surface area (Å²) in [6.45, 7) is 7.93. The molecule has 3 nitrogen and oxygen atoms in total. The number of halogens is 1. The van der Waals surface area contributed by atoms with E-state index in [4.69, 9.17) is 16.3 Å². The molecule has 1 saturated heterocycles. The Morgan fingerprint density at radius 2 is 2.24 bits per heavy atom. The van der Waals surface area contributed by atoms with E-state index in [1.807, 2.05) is 0 Å². The van der Waals surface area contributed by atoms with Crippen molar-refractivity contribution in [2.45, 2.75) is 39.3 Å². The Bertz CT molecular complexity index is 444. The van der Waals surface area contributed by atoms with E-state index in [0.29, 0.717) is 12.0 Å². The number of hydrogen-bond acceptors (Lipinski definition) is 3. The van der Waals surface area contributed by atoms with Gasteiger partial charge in [-0.15, -0.1) is 0 Å². The Kier molecular flexibility index (Phi) is 6.34. The van der Waals surface area contributed by atoms with Crippen molar-refractivity contribution in [3.05, 3.63) is 28.8 Å². The van der Waals surface area contributed by atoms with Crippen LogP contribution in [0.1, 0.15) is 32.3 Å². The minimum Gasteiger partial charge on any atom is -0.381 e. The molecule has 118 valence electrons. The minimum absolute atomic E-state index is 0.467. The maximum Gasteiger partial charge on any atom is 0.0511 e. The predicted molar refractivity (Wildman–Crippen MR) is 90.2 cm³/mol. The number of anilines is 1.